The van der Waals surface area contributed by atoms with E-state index in [4.69, 9.17) is 4.74 Å². The van der Waals surface area contributed by atoms with Gasteiger partial charge in [0.15, 0.2) is 0 Å². The van der Waals surface area contributed by atoms with Gasteiger partial charge in [-0.15, -0.1) is 0 Å². The molecule has 0 atom stereocenters. The predicted octanol–water partition coefficient (Wildman–Crippen LogP) is 2.57. The Morgan fingerprint density at radius 1 is 1.08 bits per heavy atom. The smallest absolute Gasteiger partial charge is 0.313 e. The van der Waals surface area contributed by atoms with Gasteiger partial charge in [0.1, 0.15) is 17.4 Å². The monoisotopic (exact) mass is 334 g/mol. The van der Waals surface area contributed by atoms with Gasteiger partial charge >= 0.3 is 11.8 Å². The number of hydrogen-bond donors (Lipinski definition) is 1. The Hall–Kier alpha value is -2.96. The molecule has 0 aliphatic heterocycles. The SMILES string of the molecule is COc1ccc(CN(C)C(=O)C(=O)Nc2cc(F)cc(F)c2)cc1. The van der Waals surface area contributed by atoms with E-state index in [2.05, 4.69) is 5.32 Å². The van der Waals surface area contributed by atoms with Crippen LogP contribution in [-0.4, -0.2) is 30.9 Å². The number of nitrogens with zero attached hydrogens (tertiary/aromatic N) is 1. The minimum atomic E-state index is -0.976. The molecule has 126 valence electrons. The lowest BCUT2D eigenvalue weighted by atomic mass is 10.2. The van der Waals surface area contributed by atoms with Gasteiger partial charge in [0.2, 0.25) is 0 Å². The lowest BCUT2D eigenvalue weighted by Gasteiger charge is -2.17. The molecular weight excluding hydrogens is 318 g/mol. The van der Waals surface area contributed by atoms with E-state index >= 15 is 0 Å². The summed E-state index contributed by atoms with van der Waals surface area (Å²) in [6, 6.07) is 9.54. The molecule has 2 rings (SSSR count). The second-order valence-corrected chi connectivity index (χ2v) is 5.12. The van der Waals surface area contributed by atoms with Gasteiger partial charge in [-0.3, -0.25) is 9.59 Å². The fourth-order valence-electron chi connectivity index (χ4n) is 2.06. The molecule has 0 unspecified atom stereocenters. The van der Waals surface area contributed by atoms with Gasteiger partial charge in [-0.2, -0.15) is 0 Å². The first kappa shape index (κ1) is 17.4. The molecule has 0 saturated heterocycles. The van der Waals surface area contributed by atoms with Crippen molar-refractivity contribution in [1.29, 1.82) is 0 Å². The average molecular weight is 334 g/mol. The minimum Gasteiger partial charge on any atom is -0.497 e. The van der Waals surface area contributed by atoms with E-state index in [0.717, 1.165) is 17.7 Å². The molecule has 0 aromatic heterocycles. The number of ether oxygens (including phenoxy) is 1. The molecular formula is C17H16F2N2O3. The Morgan fingerprint density at radius 2 is 1.67 bits per heavy atom. The van der Waals surface area contributed by atoms with Crippen LogP contribution in [0.5, 0.6) is 5.75 Å². The van der Waals surface area contributed by atoms with Gasteiger partial charge < -0.3 is 15.0 Å². The summed E-state index contributed by atoms with van der Waals surface area (Å²) in [7, 11) is 3.00. The van der Waals surface area contributed by atoms with Crippen LogP contribution < -0.4 is 10.1 Å². The maximum absolute atomic E-state index is 13.1. The fraction of sp³-hybridized carbons (Fsp3) is 0.176. The number of likely N-dealkylation sites (N-methyl/N-ethyl adjacent to an activating group) is 1. The second kappa shape index (κ2) is 7.54. The van der Waals surface area contributed by atoms with Crippen LogP contribution in [0.25, 0.3) is 0 Å². The standard InChI is InChI=1S/C17H16F2N2O3/c1-21(10-11-3-5-15(24-2)6-4-11)17(23)16(22)20-14-8-12(18)7-13(19)9-14/h3-9H,10H2,1-2H3,(H,20,22). The summed E-state index contributed by atoms with van der Waals surface area (Å²) in [5.41, 5.74) is 0.681. The van der Waals surface area contributed by atoms with E-state index < -0.39 is 23.4 Å². The van der Waals surface area contributed by atoms with Crippen molar-refractivity contribution in [2.45, 2.75) is 6.54 Å². The molecule has 7 heteroatoms. The van der Waals surface area contributed by atoms with Crippen molar-refractivity contribution >= 4 is 17.5 Å². The third kappa shape index (κ3) is 4.52. The van der Waals surface area contributed by atoms with Crippen molar-refractivity contribution in [1.82, 2.24) is 4.90 Å². The van der Waals surface area contributed by atoms with Crippen LogP contribution in [-0.2, 0) is 16.1 Å². The number of rotatable bonds is 4. The molecule has 0 aliphatic carbocycles. The van der Waals surface area contributed by atoms with Crippen LogP contribution in [0.3, 0.4) is 0 Å². The Bertz CT molecular complexity index is 728. The highest BCUT2D eigenvalue weighted by Gasteiger charge is 2.19. The second-order valence-electron chi connectivity index (χ2n) is 5.12. The highest BCUT2D eigenvalue weighted by atomic mass is 19.1. The number of hydrogen-bond acceptors (Lipinski definition) is 3. The molecule has 1 N–H and O–H groups in total. The minimum absolute atomic E-state index is 0.122. The first-order valence-corrected chi connectivity index (χ1v) is 7.04. The van der Waals surface area contributed by atoms with Crippen molar-refractivity contribution in [3.05, 3.63) is 59.7 Å². The molecule has 0 aliphatic rings. The largest absolute Gasteiger partial charge is 0.497 e. The van der Waals surface area contributed by atoms with E-state index in [0.29, 0.717) is 11.8 Å². The molecule has 2 amide bonds. The van der Waals surface area contributed by atoms with Crippen LogP contribution in [0.4, 0.5) is 14.5 Å². The van der Waals surface area contributed by atoms with Crippen molar-refractivity contribution < 1.29 is 23.1 Å². The summed E-state index contributed by atoms with van der Waals surface area (Å²) in [5, 5.41) is 2.18. The van der Waals surface area contributed by atoms with Crippen LogP contribution in [0.1, 0.15) is 5.56 Å². The van der Waals surface area contributed by atoms with E-state index in [-0.39, 0.29) is 12.2 Å². The van der Waals surface area contributed by atoms with Crippen molar-refractivity contribution in [2.24, 2.45) is 0 Å². The quantitative estimate of drug-likeness (QED) is 0.875. The molecule has 0 saturated carbocycles. The number of benzene rings is 2. The van der Waals surface area contributed by atoms with Crippen molar-refractivity contribution in [2.75, 3.05) is 19.5 Å². The van der Waals surface area contributed by atoms with Gasteiger partial charge in [-0.25, -0.2) is 8.78 Å². The van der Waals surface area contributed by atoms with E-state index in [1.54, 1.807) is 31.4 Å². The molecule has 2 aromatic carbocycles. The third-order valence-corrected chi connectivity index (χ3v) is 3.24. The maximum atomic E-state index is 13.1. The van der Waals surface area contributed by atoms with Gasteiger partial charge in [0, 0.05) is 25.3 Å². The highest BCUT2D eigenvalue weighted by molar-refractivity contribution is 6.39. The summed E-state index contributed by atoms with van der Waals surface area (Å²) >= 11 is 0. The predicted molar refractivity (Wildman–Crippen MR) is 84.5 cm³/mol. The molecule has 2 aromatic rings. The third-order valence-electron chi connectivity index (χ3n) is 3.24. The molecule has 0 radical (unpaired) electrons. The van der Waals surface area contributed by atoms with Crippen LogP contribution >= 0.6 is 0 Å². The van der Waals surface area contributed by atoms with Crippen LogP contribution in [0.2, 0.25) is 0 Å². The first-order valence-electron chi connectivity index (χ1n) is 7.04. The topological polar surface area (TPSA) is 58.6 Å². The molecule has 0 heterocycles. The first-order chi connectivity index (χ1) is 11.4. The number of anilines is 1. The lowest BCUT2D eigenvalue weighted by Crippen LogP contribution is -2.36. The van der Waals surface area contributed by atoms with E-state index in [1.807, 2.05) is 0 Å². The molecule has 0 fully saturated rings. The van der Waals surface area contributed by atoms with Gasteiger partial charge in [-0.1, -0.05) is 12.1 Å². The highest BCUT2D eigenvalue weighted by Crippen LogP contribution is 2.14. The Morgan fingerprint density at radius 3 is 2.21 bits per heavy atom. The zero-order valence-corrected chi connectivity index (χ0v) is 13.2. The van der Waals surface area contributed by atoms with Crippen molar-refractivity contribution in [3.63, 3.8) is 0 Å². The fourth-order valence-corrected chi connectivity index (χ4v) is 2.06. The number of methoxy groups -OCH3 is 1. The summed E-state index contributed by atoms with van der Waals surface area (Å²) in [6.45, 7) is 0.202. The number of amides is 2. The summed E-state index contributed by atoms with van der Waals surface area (Å²) in [6.07, 6.45) is 0. The molecule has 0 spiro atoms. The number of halogens is 2. The summed E-state index contributed by atoms with van der Waals surface area (Å²) in [5.74, 6) is -2.81. The normalized spacial score (nSPS) is 10.2. The summed E-state index contributed by atoms with van der Waals surface area (Å²) in [4.78, 5) is 25.1. The van der Waals surface area contributed by atoms with Crippen LogP contribution in [0.15, 0.2) is 42.5 Å². The summed E-state index contributed by atoms with van der Waals surface area (Å²) < 4.78 is 31.2. The average Bonchev–Trinajstić information content (AvgIpc) is 2.53. The van der Waals surface area contributed by atoms with Crippen molar-refractivity contribution in [3.8, 4) is 5.75 Å². The maximum Gasteiger partial charge on any atom is 0.313 e. The zero-order valence-electron chi connectivity index (χ0n) is 13.2. The Balaban J connectivity index is 1.99. The lowest BCUT2D eigenvalue weighted by molar-refractivity contribution is -0.142. The Kier molecular flexibility index (Phi) is 5.47. The van der Waals surface area contributed by atoms with E-state index in [1.165, 1.54) is 11.9 Å². The van der Waals surface area contributed by atoms with Gasteiger partial charge in [0.25, 0.3) is 0 Å². The van der Waals surface area contributed by atoms with Gasteiger partial charge in [0.05, 0.1) is 7.11 Å². The number of nitrogens with one attached hydrogen (secondary N) is 1. The molecule has 24 heavy (non-hydrogen) atoms. The molecule has 0 bridgehead atoms. The Labute approximate surface area is 137 Å². The number of carbonyl (C=O) groups is 2. The van der Waals surface area contributed by atoms with Gasteiger partial charge in [-0.05, 0) is 29.8 Å². The zero-order chi connectivity index (χ0) is 17.7. The number of carbonyl (C=O) groups excluding carboxylic acids is 2. The molecule has 5 nitrogen and oxygen atoms in total. The van der Waals surface area contributed by atoms with Crippen LogP contribution in [0, 0.1) is 11.6 Å². The van der Waals surface area contributed by atoms with E-state index in [9.17, 15) is 18.4 Å².